The maximum absolute atomic E-state index is 12.0. The smallest absolute Gasteiger partial charge is 0.250 e. The Bertz CT molecular complexity index is 921. The van der Waals surface area contributed by atoms with Crippen LogP contribution in [0.2, 0.25) is 15.1 Å². The Kier molecular flexibility index (Phi) is 4.87. The Balaban J connectivity index is 1.78. The molecule has 1 N–H and O–H groups in total. The van der Waals surface area contributed by atoms with Crippen molar-refractivity contribution in [1.82, 2.24) is 4.98 Å². The number of hydrogen-bond donors (Lipinski definition) is 1. The maximum Gasteiger partial charge on any atom is 0.250 e. The number of nitrogens with one attached hydrogen (secondary N) is 1. The summed E-state index contributed by atoms with van der Waals surface area (Å²) in [6.07, 6.45) is 3.05. The predicted molar refractivity (Wildman–Crippen MR) is 98.8 cm³/mol. The number of thiazole rings is 1. The molecule has 7 heteroatoms. The summed E-state index contributed by atoms with van der Waals surface area (Å²) in [5, 5.41) is 4.73. The standard InChI is InChI=1S/C16H9Cl3N2OS/c17-10-7-12(19)15-13(8-10)23-16(21-15)20-14(22)6-5-9-3-1-2-4-11(9)18/h1-8H,(H,20,21,22)/b6-5+. The molecule has 0 spiro atoms. The first-order chi connectivity index (χ1) is 11.0. The first-order valence-corrected chi connectivity index (χ1v) is 8.47. The van der Waals surface area contributed by atoms with Crippen LogP contribution in [0.15, 0.2) is 42.5 Å². The molecular weight excluding hydrogens is 375 g/mol. The fourth-order valence-corrected chi connectivity index (χ4v) is 3.72. The lowest BCUT2D eigenvalue weighted by molar-refractivity contribution is -0.111. The largest absolute Gasteiger partial charge is 0.298 e. The molecule has 0 aliphatic heterocycles. The zero-order chi connectivity index (χ0) is 16.4. The Morgan fingerprint density at radius 2 is 1.91 bits per heavy atom. The molecule has 1 aromatic heterocycles. The second-order valence-corrected chi connectivity index (χ2v) is 6.88. The van der Waals surface area contributed by atoms with Gasteiger partial charge in [-0.2, -0.15) is 0 Å². The number of aromatic nitrogens is 1. The molecule has 0 atom stereocenters. The minimum absolute atomic E-state index is 0.300. The van der Waals surface area contributed by atoms with Crippen LogP contribution in [0.4, 0.5) is 5.13 Å². The molecule has 0 saturated heterocycles. The van der Waals surface area contributed by atoms with Crippen molar-refractivity contribution >= 4 is 73.5 Å². The van der Waals surface area contributed by atoms with Gasteiger partial charge >= 0.3 is 0 Å². The van der Waals surface area contributed by atoms with Crippen LogP contribution in [0.1, 0.15) is 5.56 Å². The zero-order valence-electron chi connectivity index (χ0n) is 11.5. The summed E-state index contributed by atoms with van der Waals surface area (Å²) in [7, 11) is 0. The number of benzene rings is 2. The number of fused-ring (bicyclic) bond motifs is 1. The van der Waals surface area contributed by atoms with E-state index in [-0.39, 0.29) is 5.91 Å². The Labute approximate surface area is 151 Å². The highest BCUT2D eigenvalue weighted by Crippen LogP contribution is 2.33. The van der Waals surface area contributed by atoms with E-state index < -0.39 is 0 Å². The molecule has 0 radical (unpaired) electrons. The molecule has 3 nitrogen and oxygen atoms in total. The minimum Gasteiger partial charge on any atom is -0.298 e. The van der Waals surface area contributed by atoms with Crippen molar-refractivity contribution in [3.8, 4) is 0 Å². The van der Waals surface area contributed by atoms with E-state index in [1.807, 2.05) is 18.2 Å². The molecule has 0 aliphatic carbocycles. The van der Waals surface area contributed by atoms with Crippen LogP contribution >= 0.6 is 46.1 Å². The van der Waals surface area contributed by atoms with Gasteiger partial charge in [0.2, 0.25) is 5.91 Å². The van der Waals surface area contributed by atoms with Crippen molar-refractivity contribution in [2.75, 3.05) is 5.32 Å². The summed E-state index contributed by atoms with van der Waals surface area (Å²) < 4.78 is 0.813. The third-order valence-electron chi connectivity index (χ3n) is 2.96. The van der Waals surface area contributed by atoms with Crippen molar-refractivity contribution in [2.24, 2.45) is 0 Å². The number of carbonyl (C=O) groups is 1. The van der Waals surface area contributed by atoms with Crippen molar-refractivity contribution in [3.63, 3.8) is 0 Å². The number of hydrogen-bond acceptors (Lipinski definition) is 3. The number of amides is 1. The third-order valence-corrected chi connectivity index (χ3v) is 4.73. The highest BCUT2D eigenvalue weighted by atomic mass is 35.5. The SMILES string of the molecule is O=C(/C=C/c1ccccc1Cl)Nc1nc2c(Cl)cc(Cl)cc2s1. The van der Waals surface area contributed by atoms with E-state index in [9.17, 15) is 4.79 Å². The zero-order valence-corrected chi connectivity index (χ0v) is 14.6. The highest BCUT2D eigenvalue weighted by molar-refractivity contribution is 7.22. The molecule has 2 aromatic carbocycles. The molecule has 0 aliphatic rings. The van der Waals surface area contributed by atoms with Gasteiger partial charge in [-0.05, 0) is 29.8 Å². The van der Waals surface area contributed by atoms with Crippen molar-refractivity contribution in [1.29, 1.82) is 0 Å². The molecular formula is C16H9Cl3N2OS. The molecule has 3 aromatic rings. The lowest BCUT2D eigenvalue weighted by atomic mass is 10.2. The molecule has 0 unspecified atom stereocenters. The Morgan fingerprint density at radius 3 is 2.70 bits per heavy atom. The van der Waals surface area contributed by atoms with Crippen LogP contribution in [-0.4, -0.2) is 10.9 Å². The van der Waals surface area contributed by atoms with Crippen LogP contribution in [0, 0.1) is 0 Å². The number of nitrogens with zero attached hydrogens (tertiary/aromatic N) is 1. The van der Waals surface area contributed by atoms with Gasteiger partial charge in [0.15, 0.2) is 5.13 Å². The second-order valence-electron chi connectivity index (χ2n) is 4.60. The van der Waals surface area contributed by atoms with Gasteiger partial charge in [-0.25, -0.2) is 4.98 Å². The summed E-state index contributed by atoms with van der Waals surface area (Å²) >= 11 is 19.4. The number of carbonyl (C=O) groups excluding carboxylic acids is 1. The molecule has 0 bridgehead atoms. The highest BCUT2D eigenvalue weighted by Gasteiger charge is 2.10. The fraction of sp³-hybridized carbons (Fsp3) is 0. The summed E-state index contributed by atoms with van der Waals surface area (Å²) in [5.74, 6) is -0.300. The van der Waals surface area contributed by atoms with E-state index in [0.717, 1.165) is 10.3 Å². The molecule has 0 fully saturated rings. The van der Waals surface area contributed by atoms with Crippen LogP contribution in [0.5, 0.6) is 0 Å². The van der Waals surface area contributed by atoms with Gasteiger partial charge in [-0.3, -0.25) is 10.1 Å². The van der Waals surface area contributed by atoms with Gasteiger partial charge in [0, 0.05) is 16.1 Å². The lowest BCUT2D eigenvalue weighted by Gasteiger charge is -1.97. The minimum atomic E-state index is -0.300. The van der Waals surface area contributed by atoms with Crippen LogP contribution in [0.25, 0.3) is 16.3 Å². The Hall–Kier alpha value is -1.59. The van der Waals surface area contributed by atoms with E-state index >= 15 is 0 Å². The van der Waals surface area contributed by atoms with Gasteiger partial charge in [0.1, 0.15) is 5.52 Å². The molecule has 3 rings (SSSR count). The first-order valence-electron chi connectivity index (χ1n) is 6.52. The topological polar surface area (TPSA) is 42.0 Å². The quantitative estimate of drug-likeness (QED) is 0.571. The summed E-state index contributed by atoms with van der Waals surface area (Å²) in [6.45, 7) is 0. The number of rotatable bonds is 3. The monoisotopic (exact) mass is 382 g/mol. The number of anilines is 1. The van der Waals surface area contributed by atoms with Crippen LogP contribution in [0.3, 0.4) is 0 Å². The van der Waals surface area contributed by atoms with Gasteiger partial charge in [-0.15, -0.1) is 0 Å². The molecule has 1 heterocycles. The van der Waals surface area contributed by atoms with Crippen molar-refractivity contribution < 1.29 is 4.79 Å². The van der Waals surface area contributed by atoms with Crippen LogP contribution in [-0.2, 0) is 4.79 Å². The van der Waals surface area contributed by atoms with E-state index in [2.05, 4.69) is 10.3 Å². The molecule has 0 saturated carbocycles. The van der Waals surface area contributed by atoms with Gasteiger partial charge in [0.25, 0.3) is 0 Å². The Morgan fingerprint density at radius 1 is 1.13 bits per heavy atom. The van der Waals surface area contributed by atoms with Gasteiger partial charge < -0.3 is 0 Å². The third kappa shape index (κ3) is 3.85. The first kappa shape index (κ1) is 16.3. The van der Waals surface area contributed by atoms with Crippen molar-refractivity contribution in [2.45, 2.75) is 0 Å². The summed E-state index contributed by atoms with van der Waals surface area (Å²) in [5.41, 5.74) is 1.38. The molecule has 1 amide bonds. The van der Waals surface area contributed by atoms with Gasteiger partial charge in [-0.1, -0.05) is 64.3 Å². The lowest BCUT2D eigenvalue weighted by Crippen LogP contribution is -2.07. The summed E-state index contributed by atoms with van der Waals surface area (Å²) in [6, 6.07) is 10.6. The van der Waals surface area contributed by atoms with Crippen LogP contribution < -0.4 is 5.32 Å². The normalized spacial score (nSPS) is 11.3. The fourth-order valence-electron chi connectivity index (χ4n) is 1.93. The second kappa shape index (κ2) is 6.89. The van der Waals surface area contributed by atoms with E-state index in [4.69, 9.17) is 34.8 Å². The average molecular weight is 384 g/mol. The van der Waals surface area contributed by atoms with E-state index in [1.165, 1.54) is 17.4 Å². The molecule has 23 heavy (non-hydrogen) atoms. The average Bonchev–Trinajstić information content (AvgIpc) is 2.89. The van der Waals surface area contributed by atoms with E-state index in [1.54, 1.807) is 24.3 Å². The van der Waals surface area contributed by atoms with E-state index in [0.29, 0.717) is 25.7 Å². The predicted octanol–water partition coefficient (Wildman–Crippen LogP) is 5.91. The maximum atomic E-state index is 12.0. The number of halogens is 3. The summed E-state index contributed by atoms with van der Waals surface area (Å²) in [4.78, 5) is 16.3. The van der Waals surface area contributed by atoms with Gasteiger partial charge in [0.05, 0.1) is 9.72 Å². The molecule has 116 valence electrons. The van der Waals surface area contributed by atoms with Crippen molar-refractivity contribution in [3.05, 3.63) is 63.1 Å².